The fraction of sp³-hybridized carbons (Fsp3) is 0.960. The highest BCUT2D eigenvalue weighted by Crippen LogP contribution is 2.14. The Morgan fingerprint density at radius 3 is 1.28 bits per heavy atom. The molecule has 0 atom stereocenters. The number of carbonyl (C=O) groups excluding carboxylic acids is 1. The highest BCUT2D eigenvalue weighted by molar-refractivity contribution is 5.75. The Bertz CT molecular complexity index is 337. The molecule has 0 aliphatic rings. The average molecular weight is 413 g/mol. The number of carbonyl (C=O) groups is 1. The molecule has 0 aromatic heterocycles. The number of nitrogens with zero attached hydrogens (tertiary/aromatic N) is 1. The summed E-state index contributed by atoms with van der Waals surface area (Å²) in [5.74, 6) is -0.0760. The Morgan fingerprint density at radius 1 is 0.586 bits per heavy atom. The van der Waals surface area contributed by atoms with Gasteiger partial charge in [-0.3, -0.25) is 15.4 Å². The molecule has 0 aromatic carbocycles. The van der Waals surface area contributed by atoms with E-state index in [-0.39, 0.29) is 5.91 Å². The molecule has 4 nitrogen and oxygen atoms in total. The molecule has 0 saturated heterocycles. The van der Waals surface area contributed by atoms with E-state index < -0.39 is 0 Å². The zero-order valence-corrected chi connectivity index (χ0v) is 19.9. The van der Waals surface area contributed by atoms with Crippen LogP contribution in [0.5, 0.6) is 0 Å². The SMILES string of the molecule is CCCCCCCCCCCCCCCCCCCCCC(=O)NN(O)CCC. The van der Waals surface area contributed by atoms with Gasteiger partial charge in [0.05, 0.1) is 0 Å². The van der Waals surface area contributed by atoms with E-state index in [0.29, 0.717) is 13.0 Å². The minimum atomic E-state index is -0.0760. The Morgan fingerprint density at radius 2 is 0.931 bits per heavy atom. The molecule has 174 valence electrons. The fourth-order valence-electron chi connectivity index (χ4n) is 3.83. The molecule has 0 aromatic rings. The minimum absolute atomic E-state index is 0.0760. The van der Waals surface area contributed by atoms with E-state index in [4.69, 9.17) is 0 Å². The van der Waals surface area contributed by atoms with Gasteiger partial charge in [-0.1, -0.05) is 129 Å². The van der Waals surface area contributed by atoms with E-state index in [2.05, 4.69) is 12.3 Å². The average Bonchev–Trinajstić information content (AvgIpc) is 2.70. The Kier molecular flexibility index (Phi) is 23.2. The van der Waals surface area contributed by atoms with Crippen LogP contribution >= 0.6 is 0 Å². The normalized spacial score (nSPS) is 11.3. The minimum Gasteiger partial charge on any atom is -0.295 e. The molecule has 0 saturated carbocycles. The van der Waals surface area contributed by atoms with E-state index in [0.717, 1.165) is 24.4 Å². The van der Waals surface area contributed by atoms with Crippen molar-refractivity contribution in [1.82, 2.24) is 10.6 Å². The van der Waals surface area contributed by atoms with E-state index in [1.54, 1.807) is 0 Å². The first-order chi connectivity index (χ1) is 14.2. The van der Waals surface area contributed by atoms with Crippen molar-refractivity contribution in [3.63, 3.8) is 0 Å². The second-order valence-corrected chi connectivity index (χ2v) is 8.77. The molecule has 0 unspecified atom stereocenters. The lowest BCUT2D eigenvalue weighted by Gasteiger charge is -2.14. The van der Waals surface area contributed by atoms with Crippen molar-refractivity contribution in [3.8, 4) is 0 Å². The number of hydroxylamine groups is 1. The van der Waals surface area contributed by atoms with Crippen molar-refractivity contribution >= 4 is 5.91 Å². The summed E-state index contributed by atoms with van der Waals surface area (Å²) in [4.78, 5) is 11.6. The fourth-order valence-corrected chi connectivity index (χ4v) is 3.83. The summed E-state index contributed by atoms with van der Waals surface area (Å²) in [5.41, 5.74) is 2.49. The first-order valence-electron chi connectivity index (χ1n) is 13.0. The molecule has 4 heteroatoms. The van der Waals surface area contributed by atoms with Gasteiger partial charge in [0.25, 0.3) is 0 Å². The van der Waals surface area contributed by atoms with Crippen LogP contribution in [0, 0.1) is 0 Å². The van der Waals surface area contributed by atoms with Crippen LogP contribution in [0.4, 0.5) is 0 Å². The third-order valence-corrected chi connectivity index (χ3v) is 5.70. The number of hydrogen-bond acceptors (Lipinski definition) is 3. The van der Waals surface area contributed by atoms with Crippen LogP contribution in [0.15, 0.2) is 0 Å². The molecule has 0 aliphatic carbocycles. The summed E-state index contributed by atoms with van der Waals surface area (Å²) in [7, 11) is 0. The molecule has 0 bridgehead atoms. The number of amides is 1. The van der Waals surface area contributed by atoms with E-state index in [1.165, 1.54) is 109 Å². The largest absolute Gasteiger partial charge is 0.295 e. The Labute approximate surface area is 182 Å². The molecule has 0 rings (SSSR count). The molecule has 29 heavy (non-hydrogen) atoms. The van der Waals surface area contributed by atoms with Crippen LogP contribution in [0.2, 0.25) is 0 Å². The van der Waals surface area contributed by atoms with Crippen molar-refractivity contribution in [2.45, 2.75) is 149 Å². The van der Waals surface area contributed by atoms with Crippen molar-refractivity contribution in [1.29, 1.82) is 0 Å². The van der Waals surface area contributed by atoms with Gasteiger partial charge in [0.2, 0.25) is 5.91 Å². The summed E-state index contributed by atoms with van der Waals surface area (Å²) in [6.45, 7) is 4.73. The summed E-state index contributed by atoms with van der Waals surface area (Å²) in [5, 5.41) is 10.3. The van der Waals surface area contributed by atoms with Crippen LogP contribution < -0.4 is 5.43 Å². The van der Waals surface area contributed by atoms with Crippen LogP contribution in [-0.4, -0.2) is 22.8 Å². The lowest BCUT2D eigenvalue weighted by atomic mass is 10.0. The van der Waals surface area contributed by atoms with Gasteiger partial charge < -0.3 is 0 Å². The predicted molar refractivity (Wildman–Crippen MR) is 125 cm³/mol. The molecular formula is C25H52N2O2. The topological polar surface area (TPSA) is 52.6 Å². The Hall–Kier alpha value is -0.610. The van der Waals surface area contributed by atoms with Crippen molar-refractivity contribution in [2.24, 2.45) is 0 Å². The smallest absolute Gasteiger partial charge is 0.236 e. The Balaban J connectivity index is 3.12. The number of hydrogen-bond donors (Lipinski definition) is 2. The van der Waals surface area contributed by atoms with Gasteiger partial charge in [0, 0.05) is 13.0 Å². The molecule has 0 fully saturated rings. The van der Waals surface area contributed by atoms with Gasteiger partial charge >= 0.3 is 0 Å². The number of unbranched alkanes of at least 4 members (excludes halogenated alkanes) is 18. The van der Waals surface area contributed by atoms with Gasteiger partial charge in [-0.05, 0) is 12.8 Å². The van der Waals surface area contributed by atoms with Crippen LogP contribution in [0.1, 0.15) is 149 Å². The van der Waals surface area contributed by atoms with E-state index in [9.17, 15) is 10.0 Å². The monoisotopic (exact) mass is 412 g/mol. The van der Waals surface area contributed by atoms with Gasteiger partial charge in [-0.2, -0.15) is 0 Å². The zero-order chi connectivity index (χ0) is 21.4. The molecule has 1 amide bonds. The lowest BCUT2D eigenvalue weighted by Crippen LogP contribution is -2.40. The second-order valence-electron chi connectivity index (χ2n) is 8.77. The zero-order valence-electron chi connectivity index (χ0n) is 19.9. The second kappa shape index (κ2) is 23.7. The summed E-state index contributed by atoms with van der Waals surface area (Å²) in [6, 6.07) is 0. The highest BCUT2D eigenvalue weighted by Gasteiger charge is 2.05. The standard InChI is InChI=1S/C25H52N2O2/c1-3-5-6-7-8-9-10-11-12-13-14-15-16-17-18-19-20-21-22-23-25(28)26-27(29)24-4-2/h29H,3-24H2,1-2H3,(H,26,28). The molecule has 0 radical (unpaired) electrons. The molecular weight excluding hydrogens is 360 g/mol. The van der Waals surface area contributed by atoms with Crippen molar-refractivity contribution in [2.75, 3.05) is 6.54 Å². The highest BCUT2D eigenvalue weighted by atomic mass is 16.5. The van der Waals surface area contributed by atoms with Crippen LogP contribution in [-0.2, 0) is 4.79 Å². The van der Waals surface area contributed by atoms with Gasteiger partial charge in [-0.15, -0.1) is 5.17 Å². The number of hydrazine groups is 1. The van der Waals surface area contributed by atoms with Crippen LogP contribution in [0.25, 0.3) is 0 Å². The van der Waals surface area contributed by atoms with Gasteiger partial charge in [-0.25, -0.2) is 0 Å². The maximum atomic E-state index is 11.6. The lowest BCUT2D eigenvalue weighted by molar-refractivity contribution is -0.160. The predicted octanol–water partition coefficient (Wildman–Crippen LogP) is 7.94. The summed E-state index contributed by atoms with van der Waals surface area (Å²) in [6.07, 6.45) is 27.1. The van der Waals surface area contributed by atoms with E-state index >= 15 is 0 Å². The maximum Gasteiger partial charge on any atom is 0.236 e. The van der Waals surface area contributed by atoms with E-state index in [1.807, 2.05) is 6.92 Å². The summed E-state index contributed by atoms with van der Waals surface area (Å²) >= 11 is 0. The maximum absolute atomic E-state index is 11.6. The third-order valence-electron chi connectivity index (χ3n) is 5.70. The molecule has 0 spiro atoms. The van der Waals surface area contributed by atoms with Gasteiger partial charge in [0.1, 0.15) is 0 Å². The number of rotatable bonds is 23. The molecule has 0 aliphatic heterocycles. The summed E-state index contributed by atoms with van der Waals surface area (Å²) < 4.78 is 0. The van der Waals surface area contributed by atoms with Crippen molar-refractivity contribution < 1.29 is 10.0 Å². The van der Waals surface area contributed by atoms with Gasteiger partial charge in [0.15, 0.2) is 0 Å². The quantitative estimate of drug-likeness (QED) is 0.132. The first kappa shape index (κ1) is 28.4. The number of nitrogens with one attached hydrogen (secondary N) is 1. The molecule has 2 N–H and O–H groups in total. The first-order valence-corrected chi connectivity index (χ1v) is 13.0. The van der Waals surface area contributed by atoms with Crippen molar-refractivity contribution in [3.05, 3.63) is 0 Å². The van der Waals surface area contributed by atoms with Crippen LogP contribution in [0.3, 0.4) is 0 Å². The third kappa shape index (κ3) is 23.5. The molecule has 0 heterocycles.